The van der Waals surface area contributed by atoms with Crippen LogP contribution in [0.1, 0.15) is 33.7 Å². The number of H-pyrrole nitrogens is 1. The predicted molar refractivity (Wildman–Crippen MR) is 95.4 cm³/mol. The van der Waals surface area contributed by atoms with Crippen molar-refractivity contribution in [1.82, 2.24) is 20.4 Å². The smallest absolute Gasteiger partial charge is 0.271 e. The third-order valence-electron chi connectivity index (χ3n) is 4.12. The topological polar surface area (TPSA) is 95.2 Å². The zero-order valence-corrected chi connectivity index (χ0v) is 15.0. The van der Waals surface area contributed by atoms with Crippen molar-refractivity contribution in [2.45, 2.75) is 18.9 Å². The maximum atomic E-state index is 12.5. The summed E-state index contributed by atoms with van der Waals surface area (Å²) in [5.74, 6) is -0.325. The van der Waals surface area contributed by atoms with E-state index in [0.717, 1.165) is 4.47 Å². The highest BCUT2D eigenvalue weighted by Crippen LogP contribution is 2.16. The van der Waals surface area contributed by atoms with Gasteiger partial charge in [0, 0.05) is 35.2 Å². The van der Waals surface area contributed by atoms with Crippen molar-refractivity contribution in [2.75, 3.05) is 13.1 Å². The minimum Gasteiger partial charge on any atom is -0.348 e. The highest BCUT2D eigenvalue weighted by Gasteiger charge is 2.25. The Kier molecular flexibility index (Phi) is 5.28. The summed E-state index contributed by atoms with van der Waals surface area (Å²) in [5.41, 5.74) is 0.479. The largest absolute Gasteiger partial charge is 0.348 e. The van der Waals surface area contributed by atoms with E-state index in [9.17, 15) is 14.4 Å². The highest BCUT2D eigenvalue weighted by atomic mass is 79.9. The van der Waals surface area contributed by atoms with Crippen LogP contribution >= 0.6 is 15.9 Å². The second-order valence-electron chi connectivity index (χ2n) is 5.85. The molecule has 1 saturated heterocycles. The molecule has 0 bridgehead atoms. The average molecular weight is 405 g/mol. The number of aromatic nitrogens is 2. The summed E-state index contributed by atoms with van der Waals surface area (Å²) in [4.78, 5) is 37.4. The van der Waals surface area contributed by atoms with Gasteiger partial charge < -0.3 is 10.2 Å². The van der Waals surface area contributed by atoms with Crippen molar-refractivity contribution < 1.29 is 9.59 Å². The number of benzene rings is 1. The maximum absolute atomic E-state index is 12.5. The molecule has 1 aromatic carbocycles. The van der Waals surface area contributed by atoms with E-state index in [4.69, 9.17) is 0 Å². The van der Waals surface area contributed by atoms with Gasteiger partial charge in [-0.3, -0.25) is 14.4 Å². The number of piperidine rings is 1. The van der Waals surface area contributed by atoms with Crippen LogP contribution in [-0.4, -0.2) is 46.0 Å². The number of rotatable bonds is 3. The molecule has 0 saturated carbocycles. The third kappa shape index (κ3) is 4.33. The molecule has 0 radical (unpaired) electrons. The molecular formula is C17H17BrN4O3. The molecule has 0 spiro atoms. The molecule has 1 aliphatic rings. The van der Waals surface area contributed by atoms with Crippen LogP contribution in [0.4, 0.5) is 0 Å². The minimum absolute atomic E-state index is 0.000391. The number of halogens is 1. The molecule has 3 rings (SSSR count). The quantitative estimate of drug-likeness (QED) is 0.811. The molecule has 1 fully saturated rings. The molecule has 0 aliphatic carbocycles. The Bertz CT molecular complexity index is 806. The van der Waals surface area contributed by atoms with Crippen LogP contribution in [-0.2, 0) is 0 Å². The summed E-state index contributed by atoms with van der Waals surface area (Å²) in [6.07, 6.45) is 1.36. The molecule has 0 unspecified atom stereocenters. The lowest BCUT2D eigenvalue weighted by Gasteiger charge is -2.32. The molecule has 7 nitrogen and oxygen atoms in total. The molecule has 0 atom stereocenters. The van der Waals surface area contributed by atoms with Crippen molar-refractivity contribution in [1.29, 1.82) is 0 Å². The van der Waals surface area contributed by atoms with Gasteiger partial charge in [-0.25, -0.2) is 5.10 Å². The van der Waals surface area contributed by atoms with Gasteiger partial charge in [-0.2, -0.15) is 5.10 Å². The van der Waals surface area contributed by atoms with Gasteiger partial charge in [-0.15, -0.1) is 0 Å². The standard InChI is InChI=1S/C17H17BrN4O3/c18-12-3-1-11(2-4-12)17(25)22-9-7-13(8-10-22)19-16(24)14-5-6-15(23)21-20-14/h1-6,13H,7-10H2,(H,19,24)(H,21,23). The van der Waals surface area contributed by atoms with Gasteiger partial charge in [0.05, 0.1) is 0 Å². The van der Waals surface area contributed by atoms with Crippen molar-refractivity contribution in [3.63, 3.8) is 0 Å². The minimum atomic E-state index is -0.351. The molecule has 2 aromatic rings. The van der Waals surface area contributed by atoms with E-state index in [0.29, 0.717) is 31.5 Å². The number of hydrogen-bond donors (Lipinski definition) is 2. The Morgan fingerprint density at radius 1 is 1.12 bits per heavy atom. The summed E-state index contributed by atoms with van der Waals surface area (Å²) in [6.45, 7) is 1.16. The number of nitrogens with one attached hydrogen (secondary N) is 2. The van der Waals surface area contributed by atoms with E-state index >= 15 is 0 Å². The number of carbonyl (C=O) groups excluding carboxylic acids is 2. The summed E-state index contributed by atoms with van der Waals surface area (Å²) in [6, 6.07) is 9.91. The van der Waals surface area contributed by atoms with Crippen molar-refractivity contribution in [3.05, 3.63) is 62.5 Å². The summed E-state index contributed by atoms with van der Waals surface area (Å²) in [5, 5.41) is 8.85. The highest BCUT2D eigenvalue weighted by molar-refractivity contribution is 9.10. The second kappa shape index (κ2) is 7.60. The van der Waals surface area contributed by atoms with Crippen LogP contribution in [0.15, 0.2) is 45.7 Å². The number of nitrogens with zero attached hydrogens (tertiary/aromatic N) is 2. The van der Waals surface area contributed by atoms with Gasteiger partial charge in [0.15, 0.2) is 0 Å². The van der Waals surface area contributed by atoms with E-state index in [2.05, 4.69) is 31.4 Å². The van der Waals surface area contributed by atoms with Gasteiger partial charge in [0.2, 0.25) is 0 Å². The second-order valence-corrected chi connectivity index (χ2v) is 6.77. The Hall–Kier alpha value is -2.48. The lowest BCUT2D eigenvalue weighted by molar-refractivity contribution is 0.0697. The molecule has 130 valence electrons. The fourth-order valence-electron chi connectivity index (χ4n) is 2.73. The molecule has 1 aliphatic heterocycles. The zero-order chi connectivity index (χ0) is 17.8. The molecule has 25 heavy (non-hydrogen) atoms. The molecule has 2 amide bonds. The van der Waals surface area contributed by atoms with Crippen LogP contribution in [0.25, 0.3) is 0 Å². The van der Waals surface area contributed by atoms with E-state index < -0.39 is 0 Å². The number of aromatic amines is 1. The number of likely N-dealkylation sites (tertiary alicyclic amines) is 1. The van der Waals surface area contributed by atoms with Gasteiger partial charge in [0.1, 0.15) is 5.69 Å². The number of hydrogen-bond acceptors (Lipinski definition) is 4. The fourth-order valence-corrected chi connectivity index (χ4v) is 3.00. The van der Waals surface area contributed by atoms with Gasteiger partial charge in [-0.1, -0.05) is 15.9 Å². The first kappa shape index (κ1) is 17.3. The Labute approximate surface area is 152 Å². The maximum Gasteiger partial charge on any atom is 0.271 e. The van der Waals surface area contributed by atoms with Crippen LogP contribution < -0.4 is 10.9 Å². The van der Waals surface area contributed by atoms with Crippen molar-refractivity contribution in [3.8, 4) is 0 Å². The normalized spacial score (nSPS) is 15.0. The van der Waals surface area contributed by atoms with Crippen LogP contribution in [0, 0.1) is 0 Å². The first-order valence-corrected chi connectivity index (χ1v) is 8.73. The number of carbonyl (C=O) groups is 2. The predicted octanol–water partition coefficient (Wildman–Crippen LogP) is 1.57. The SMILES string of the molecule is O=C(NC1CCN(C(=O)c2ccc(Br)cc2)CC1)c1ccc(=O)[nH]n1. The molecule has 8 heteroatoms. The fraction of sp³-hybridized carbons (Fsp3) is 0.294. The van der Waals surface area contributed by atoms with Crippen LogP contribution in [0.2, 0.25) is 0 Å². The molecule has 2 N–H and O–H groups in total. The van der Waals surface area contributed by atoms with Gasteiger partial charge in [0.25, 0.3) is 17.4 Å². The van der Waals surface area contributed by atoms with E-state index in [1.54, 1.807) is 17.0 Å². The summed E-state index contributed by atoms with van der Waals surface area (Å²) < 4.78 is 0.932. The van der Waals surface area contributed by atoms with Crippen molar-refractivity contribution >= 4 is 27.7 Å². The zero-order valence-electron chi connectivity index (χ0n) is 13.4. The first-order valence-electron chi connectivity index (χ1n) is 7.94. The van der Waals surface area contributed by atoms with E-state index in [-0.39, 0.29) is 29.1 Å². The van der Waals surface area contributed by atoms with E-state index in [1.807, 2.05) is 12.1 Å². The Balaban J connectivity index is 1.54. The number of amides is 2. The van der Waals surface area contributed by atoms with E-state index in [1.165, 1.54) is 12.1 Å². The third-order valence-corrected chi connectivity index (χ3v) is 4.65. The average Bonchev–Trinajstić information content (AvgIpc) is 2.63. The van der Waals surface area contributed by atoms with Crippen LogP contribution in [0.5, 0.6) is 0 Å². The van der Waals surface area contributed by atoms with Gasteiger partial charge >= 0.3 is 0 Å². The molecule has 2 heterocycles. The van der Waals surface area contributed by atoms with Crippen molar-refractivity contribution in [2.24, 2.45) is 0 Å². The first-order chi connectivity index (χ1) is 12.0. The summed E-state index contributed by atoms with van der Waals surface area (Å²) >= 11 is 3.35. The Morgan fingerprint density at radius 2 is 1.80 bits per heavy atom. The molecule has 1 aromatic heterocycles. The lowest BCUT2D eigenvalue weighted by atomic mass is 10.0. The Morgan fingerprint density at radius 3 is 2.40 bits per heavy atom. The van der Waals surface area contributed by atoms with Gasteiger partial charge in [-0.05, 0) is 43.2 Å². The molecular weight excluding hydrogens is 388 g/mol. The summed E-state index contributed by atoms with van der Waals surface area (Å²) in [7, 11) is 0. The monoisotopic (exact) mass is 404 g/mol. The lowest BCUT2D eigenvalue weighted by Crippen LogP contribution is -2.46. The van der Waals surface area contributed by atoms with Crippen LogP contribution in [0.3, 0.4) is 0 Å².